The van der Waals surface area contributed by atoms with Crippen LogP contribution in [0.5, 0.6) is 0 Å². The Morgan fingerprint density at radius 1 is 1.32 bits per heavy atom. The van der Waals surface area contributed by atoms with E-state index in [9.17, 15) is 28.4 Å². The van der Waals surface area contributed by atoms with Gasteiger partial charge in [0.2, 0.25) is 5.76 Å². The molecule has 0 unspecified atom stereocenters. The minimum absolute atomic E-state index is 0.155. The van der Waals surface area contributed by atoms with E-state index in [4.69, 9.17) is 0 Å². The van der Waals surface area contributed by atoms with Gasteiger partial charge in [0.1, 0.15) is 0 Å². The molecule has 0 saturated carbocycles. The number of aryl methyl sites for hydroxylation is 1. The first-order valence-electron chi connectivity index (χ1n) is 6.11. The van der Waals surface area contributed by atoms with Crippen LogP contribution in [0.4, 0.5) is 18.9 Å². The number of nitrogens with zero attached hydrogens (tertiary/aromatic N) is 2. The minimum Gasteiger partial charge on any atom is -0.376 e. The zero-order valence-corrected chi connectivity index (χ0v) is 11.3. The highest BCUT2D eigenvalue weighted by atomic mass is 19.4. The van der Waals surface area contributed by atoms with E-state index in [1.54, 1.807) is 0 Å². The van der Waals surface area contributed by atoms with Crippen LogP contribution in [0, 0.1) is 17.0 Å². The molecule has 6 nitrogen and oxygen atoms in total. The quantitative estimate of drug-likeness (QED) is 0.692. The van der Waals surface area contributed by atoms with E-state index >= 15 is 0 Å². The Hall–Kier alpha value is -2.42. The standard InChI is InChI=1S/C13H11F3N2O4/c1-8-11(18(20)21)10(22-17-8)7-12(19,13(14,15)16)9-5-3-2-4-6-9/h2-6,19H,7H2,1H3/t12-/m1/s1. The van der Waals surface area contributed by atoms with Gasteiger partial charge in [0.15, 0.2) is 11.3 Å². The summed E-state index contributed by atoms with van der Waals surface area (Å²) in [6.45, 7) is 1.24. The maximum absolute atomic E-state index is 13.3. The Morgan fingerprint density at radius 2 is 1.91 bits per heavy atom. The first-order valence-corrected chi connectivity index (χ1v) is 6.11. The highest BCUT2D eigenvalue weighted by molar-refractivity contribution is 5.40. The smallest absolute Gasteiger partial charge is 0.376 e. The van der Waals surface area contributed by atoms with Gasteiger partial charge in [-0.2, -0.15) is 13.2 Å². The molecule has 0 aliphatic heterocycles. The summed E-state index contributed by atoms with van der Waals surface area (Å²) in [5.74, 6) is -0.633. The maximum Gasteiger partial charge on any atom is 0.421 e. The van der Waals surface area contributed by atoms with Crippen LogP contribution in [0.15, 0.2) is 34.9 Å². The van der Waals surface area contributed by atoms with Gasteiger partial charge in [0.05, 0.1) is 11.3 Å². The van der Waals surface area contributed by atoms with Crippen LogP contribution in [-0.4, -0.2) is 21.4 Å². The number of alkyl halides is 3. The van der Waals surface area contributed by atoms with Gasteiger partial charge < -0.3 is 9.63 Å². The molecular weight excluding hydrogens is 305 g/mol. The summed E-state index contributed by atoms with van der Waals surface area (Å²) in [4.78, 5) is 10.0. The fraction of sp³-hybridized carbons (Fsp3) is 0.308. The summed E-state index contributed by atoms with van der Waals surface area (Å²) >= 11 is 0. The lowest BCUT2D eigenvalue weighted by Crippen LogP contribution is -2.44. The molecule has 1 atom stereocenters. The SMILES string of the molecule is Cc1noc(C[C@@](O)(c2ccccc2)C(F)(F)F)c1[N+](=O)[O-]. The molecule has 1 aromatic carbocycles. The van der Waals surface area contributed by atoms with Crippen LogP contribution in [0.1, 0.15) is 17.0 Å². The van der Waals surface area contributed by atoms with Crippen molar-refractivity contribution in [3.8, 4) is 0 Å². The summed E-state index contributed by atoms with van der Waals surface area (Å²) < 4.78 is 44.6. The molecule has 0 spiro atoms. The van der Waals surface area contributed by atoms with Gasteiger partial charge in [-0.15, -0.1) is 0 Å². The molecule has 0 aliphatic rings. The zero-order chi connectivity index (χ0) is 16.5. The molecule has 22 heavy (non-hydrogen) atoms. The van der Waals surface area contributed by atoms with Gasteiger partial charge in [-0.1, -0.05) is 35.5 Å². The third kappa shape index (κ3) is 2.67. The number of hydrogen-bond acceptors (Lipinski definition) is 5. The molecule has 1 heterocycles. The number of aromatic nitrogens is 1. The van der Waals surface area contributed by atoms with Crippen molar-refractivity contribution in [1.29, 1.82) is 0 Å². The average molecular weight is 316 g/mol. The second kappa shape index (κ2) is 5.41. The highest BCUT2D eigenvalue weighted by Gasteiger charge is 2.56. The molecule has 0 fully saturated rings. The van der Waals surface area contributed by atoms with Crippen LogP contribution in [0.2, 0.25) is 0 Å². The molecule has 2 rings (SSSR count). The van der Waals surface area contributed by atoms with Crippen LogP contribution >= 0.6 is 0 Å². The molecular formula is C13H11F3N2O4. The van der Waals surface area contributed by atoms with E-state index < -0.39 is 40.1 Å². The fourth-order valence-electron chi connectivity index (χ4n) is 2.07. The van der Waals surface area contributed by atoms with E-state index in [1.165, 1.54) is 25.1 Å². The molecule has 1 N–H and O–H groups in total. The van der Waals surface area contributed by atoms with Crippen LogP contribution in [-0.2, 0) is 12.0 Å². The fourth-order valence-corrected chi connectivity index (χ4v) is 2.07. The Bertz CT molecular complexity index is 684. The summed E-state index contributed by atoms with van der Waals surface area (Å²) in [6, 6.07) is 6.31. The maximum atomic E-state index is 13.3. The third-order valence-corrected chi connectivity index (χ3v) is 3.22. The van der Waals surface area contributed by atoms with Crippen molar-refractivity contribution in [2.24, 2.45) is 0 Å². The number of benzene rings is 1. The highest BCUT2D eigenvalue weighted by Crippen LogP contribution is 2.43. The van der Waals surface area contributed by atoms with Crippen molar-refractivity contribution < 1.29 is 27.7 Å². The predicted octanol–water partition coefficient (Wildman–Crippen LogP) is 2.88. The lowest BCUT2D eigenvalue weighted by molar-refractivity contribution is -0.387. The monoisotopic (exact) mass is 316 g/mol. The van der Waals surface area contributed by atoms with Crippen molar-refractivity contribution in [3.63, 3.8) is 0 Å². The Balaban J connectivity index is 2.52. The van der Waals surface area contributed by atoms with E-state index in [2.05, 4.69) is 9.68 Å². The average Bonchev–Trinajstić information content (AvgIpc) is 2.79. The van der Waals surface area contributed by atoms with Gasteiger partial charge in [-0.25, -0.2) is 0 Å². The van der Waals surface area contributed by atoms with Crippen molar-refractivity contribution >= 4 is 5.69 Å². The summed E-state index contributed by atoms with van der Waals surface area (Å²) in [7, 11) is 0. The Kier molecular flexibility index (Phi) is 3.92. The molecule has 0 aliphatic carbocycles. The van der Waals surface area contributed by atoms with Crippen LogP contribution < -0.4 is 0 Å². The number of rotatable bonds is 4. The van der Waals surface area contributed by atoms with E-state index in [-0.39, 0.29) is 5.69 Å². The summed E-state index contributed by atoms with van der Waals surface area (Å²) in [6.07, 6.45) is -6.19. The van der Waals surface area contributed by atoms with Gasteiger partial charge >= 0.3 is 11.9 Å². The number of hydrogen-bond donors (Lipinski definition) is 1. The van der Waals surface area contributed by atoms with Gasteiger partial charge in [0.25, 0.3) is 0 Å². The first-order chi connectivity index (χ1) is 10.2. The van der Waals surface area contributed by atoms with E-state index in [1.807, 2.05) is 0 Å². The molecule has 118 valence electrons. The van der Waals surface area contributed by atoms with Gasteiger partial charge in [-0.05, 0) is 12.5 Å². The van der Waals surface area contributed by atoms with Crippen molar-refractivity contribution in [2.45, 2.75) is 25.1 Å². The first kappa shape index (κ1) is 16.0. The molecule has 0 radical (unpaired) electrons. The Morgan fingerprint density at radius 3 is 2.41 bits per heavy atom. The normalized spacial score (nSPS) is 14.6. The molecule has 1 aromatic heterocycles. The minimum atomic E-state index is -5.05. The molecule has 0 bridgehead atoms. The lowest BCUT2D eigenvalue weighted by Gasteiger charge is -2.29. The summed E-state index contributed by atoms with van der Waals surface area (Å²) in [5.41, 5.74) is -4.58. The number of nitro groups is 1. The summed E-state index contributed by atoms with van der Waals surface area (Å²) in [5, 5.41) is 24.4. The predicted molar refractivity (Wildman–Crippen MR) is 68.0 cm³/mol. The lowest BCUT2D eigenvalue weighted by atomic mass is 9.88. The van der Waals surface area contributed by atoms with Crippen LogP contribution in [0.3, 0.4) is 0 Å². The van der Waals surface area contributed by atoms with E-state index in [0.29, 0.717) is 0 Å². The second-order valence-electron chi connectivity index (χ2n) is 4.70. The molecule has 0 amide bonds. The molecule has 0 saturated heterocycles. The van der Waals surface area contributed by atoms with E-state index in [0.717, 1.165) is 12.1 Å². The van der Waals surface area contributed by atoms with Crippen LogP contribution in [0.25, 0.3) is 0 Å². The topological polar surface area (TPSA) is 89.4 Å². The van der Waals surface area contributed by atoms with Crippen molar-refractivity contribution in [3.05, 3.63) is 57.5 Å². The molecule has 9 heteroatoms. The third-order valence-electron chi connectivity index (χ3n) is 3.22. The van der Waals surface area contributed by atoms with Gasteiger partial charge in [-0.3, -0.25) is 10.1 Å². The molecule has 2 aromatic rings. The van der Waals surface area contributed by atoms with Crippen molar-refractivity contribution in [2.75, 3.05) is 0 Å². The van der Waals surface area contributed by atoms with Gasteiger partial charge in [0, 0.05) is 0 Å². The number of aliphatic hydroxyl groups is 1. The second-order valence-corrected chi connectivity index (χ2v) is 4.70. The van der Waals surface area contributed by atoms with Crippen molar-refractivity contribution in [1.82, 2.24) is 5.16 Å². The zero-order valence-electron chi connectivity index (χ0n) is 11.3. The largest absolute Gasteiger partial charge is 0.421 e. The Labute approximate surface area is 122 Å². The number of halogens is 3.